The molecule has 2 aromatic heterocycles. The largest absolute Gasteiger partial charge is 0.228 e. The summed E-state index contributed by atoms with van der Waals surface area (Å²) in [6.45, 7) is 0. The lowest BCUT2D eigenvalue weighted by Gasteiger charge is -2.18. The summed E-state index contributed by atoms with van der Waals surface area (Å²) in [7, 11) is 0. The number of hydrogen-bond donors (Lipinski definition) is 0. The fraction of sp³-hybridized carbons (Fsp3) is 0. The Balaban J connectivity index is 1.12. The van der Waals surface area contributed by atoms with E-state index in [2.05, 4.69) is 84.9 Å². The molecule has 6 nitrogen and oxygen atoms in total. The van der Waals surface area contributed by atoms with E-state index in [0.717, 1.165) is 77.8 Å². The van der Waals surface area contributed by atoms with Crippen LogP contribution in [0.3, 0.4) is 0 Å². The molecule has 0 spiro atoms. The predicted molar refractivity (Wildman–Crippen MR) is 241 cm³/mol. The highest BCUT2D eigenvalue weighted by Crippen LogP contribution is 2.42. The molecule has 0 radical (unpaired) electrons. The molecule has 8 aromatic carbocycles. The van der Waals surface area contributed by atoms with Crippen LogP contribution in [0.2, 0.25) is 0 Å². The smallest absolute Gasteiger partial charge is 0.164 e. The van der Waals surface area contributed by atoms with Crippen molar-refractivity contribution in [3.05, 3.63) is 212 Å². The lowest BCUT2D eigenvalue weighted by atomic mass is 9.88. The van der Waals surface area contributed by atoms with Crippen LogP contribution >= 0.6 is 0 Å². The molecule has 0 aliphatic rings. The van der Waals surface area contributed by atoms with E-state index >= 15 is 0 Å². The van der Waals surface area contributed by atoms with Gasteiger partial charge in [-0.15, -0.1) is 0 Å². The molecule has 0 saturated heterocycles. The molecule has 0 N–H and O–H groups in total. The van der Waals surface area contributed by atoms with Gasteiger partial charge in [-0.05, 0) is 51.6 Å². The number of nitriles is 1. The minimum Gasteiger partial charge on any atom is -0.228 e. The highest BCUT2D eigenvalue weighted by molar-refractivity contribution is 6.01. The molecular formula is C54H34N6. The van der Waals surface area contributed by atoms with Crippen molar-refractivity contribution in [1.29, 1.82) is 5.26 Å². The van der Waals surface area contributed by atoms with Crippen LogP contribution in [-0.2, 0) is 0 Å². The Morgan fingerprint density at radius 2 is 0.733 bits per heavy atom. The average molecular weight is 767 g/mol. The molecule has 0 aliphatic carbocycles. The minimum absolute atomic E-state index is 0.564. The first-order valence-corrected chi connectivity index (χ1v) is 19.7. The van der Waals surface area contributed by atoms with Crippen molar-refractivity contribution in [3.8, 4) is 96.3 Å². The SMILES string of the molecule is N#Cc1cccc(-c2ccc(-c3nc(-c4ccccc4)nc(-c4ccccc4-c4ccccc4-c4ccccc4-c4nc(-c5ccccc5)nc5ccccc45)n3)cc2)c1. The Morgan fingerprint density at radius 1 is 0.300 bits per heavy atom. The molecule has 0 aliphatic heterocycles. The van der Waals surface area contributed by atoms with Gasteiger partial charge in [0.2, 0.25) is 0 Å². The molecule has 60 heavy (non-hydrogen) atoms. The van der Waals surface area contributed by atoms with Crippen LogP contribution in [0.1, 0.15) is 5.56 Å². The third kappa shape index (κ3) is 6.97. The first-order chi connectivity index (χ1) is 29.7. The van der Waals surface area contributed by atoms with Crippen molar-refractivity contribution < 1.29 is 0 Å². The second-order valence-corrected chi connectivity index (χ2v) is 14.4. The lowest BCUT2D eigenvalue weighted by Crippen LogP contribution is -2.01. The highest BCUT2D eigenvalue weighted by Gasteiger charge is 2.20. The van der Waals surface area contributed by atoms with Gasteiger partial charge in [-0.1, -0.05) is 188 Å². The fourth-order valence-electron chi connectivity index (χ4n) is 7.71. The van der Waals surface area contributed by atoms with Crippen molar-refractivity contribution in [1.82, 2.24) is 24.9 Å². The van der Waals surface area contributed by atoms with Gasteiger partial charge in [-0.2, -0.15) is 5.26 Å². The van der Waals surface area contributed by atoms with Crippen molar-refractivity contribution >= 4 is 10.9 Å². The van der Waals surface area contributed by atoms with Gasteiger partial charge in [0.05, 0.1) is 22.8 Å². The van der Waals surface area contributed by atoms with Crippen LogP contribution in [0.15, 0.2) is 206 Å². The summed E-state index contributed by atoms with van der Waals surface area (Å²) in [5.74, 6) is 2.40. The van der Waals surface area contributed by atoms with E-state index in [1.807, 2.05) is 127 Å². The highest BCUT2D eigenvalue weighted by atomic mass is 15.0. The molecule has 0 saturated carbocycles. The van der Waals surface area contributed by atoms with Gasteiger partial charge >= 0.3 is 0 Å². The monoisotopic (exact) mass is 766 g/mol. The number of benzene rings is 8. The predicted octanol–water partition coefficient (Wildman–Crippen LogP) is 13.0. The summed E-state index contributed by atoms with van der Waals surface area (Å²) in [5.41, 5.74) is 13.1. The van der Waals surface area contributed by atoms with Gasteiger partial charge in [-0.3, -0.25) is 0 Å². The maximum atomic E-state index is 9.47. The maximum absolute atomic E-state index is 9.47. The average Bonchev–Trinajstić information content (AvgIpc) is 3.34. The van der Waals surface area contributed by atoms with E-state index in [9.17, 15) is 5.26 Å². The Morgan fingerprint density at radius 3 is 1.35 bits per heavy atom. The number of para-hydroxylation sites is 1. The zero-order valence-electron chi connectivity index (χ0n) is 32.3. The molecule has 10 rings (SSSR count). The molecule has 10 aromatic rings. The van der Waals surface area contributed by atoms with E-state index in [0.29, 0.717) is 28.9 Å². The van der Waals surface area contributed by atoms with Crippen molar-refractivity contribution in [2.45, 2.75) is 0 Å². The summed E-state index contributed by atoms with van der Waals surface area (Å²) >= 11 is 0. The van der Waals surface area contributed by atoms with E-state index in [1.54, 1.807) is 0 Å². The van der Waals surface area contributed by atoms with Gasteiger partial charge < -0.3 is 0 Å². The zero-order chi connectivity index (χ0) is 40.3. The molecule has 0 bridgehead atoms. The molecule has 280 valence electrons. The normalized spacial score (nSPS) is 11.0. The quantitative estimate of drug-likeness (QED) is 0.153. The van der Waals surface area contributed by atoms with Gasteiger partial charge in [0.25, 0.3) is 0 Å². The van der Waals surface area contributed by atoms with Gasteiger partial charge in [0.15, 0.2) is 23.3 Å². The summed E-state index contributed by atoms with van der Waals surface area (Å²) in [5, 5.41) is 10.5. The summed E-state index contributed by atoms with van der Waals surface area (Å²) in [6, 6.07) is 71.7. The Labute approximate surface area is 347 Å². The number of hydrogen-bond acceptors (Lipinski definition) is 6. The van der Waals surface area contributed by atoms with Crippen LogP contribution in [0.25, 0.3) is 101 Å². The van der Waals surface area contributed by atoms with Crippen LogP contribution in [0.4, 0.5) is 0 Å². The Bertz CT molecular complexity index is 3210. The standard InChI is InChI=1S/C54H34N6/c55-35-36-16-15-21-41(34-36)37-30-32-40(33-31-37)53-58-52(39-19-5-2-6-20-39)59-54(60-53)47-27-12-10-25-45(47)43-23-8-7-22-42(43)44-24-9-11-26-46(44)50-48-28-13-14-29-49(48)56-51(57-50)38-17-3-1-4-18-38/h1-34H. The second kappa shape index (κ2) is 15.9. The van der Waals surface area contributed by atoms with Crippen LogP contribution in [0, 0.1) is 11.3 Å². The Hall–Kier alpha value is -8.40. The van der Waals surface area contributed by atoms with E-state index < -0.39 is 0 Å². The van der Waals surface area contributed by atoms with E-state index in [-0.39, 0.29) is 0 Å². The van der Waals surface area contributed by atoms with Crippen LogP contribution in [0.5, 0.6) is 0 Å². The number of rotatable bonds is 8. The minimum atomic E-state index is 0.564. The third-order valence-corrected chi connectivity index (χ3v) is 10.6. The Kier molecular flexibility index (Phi) is 9.51. The van der Waals surface area contributed by atoms with Gasteiger partial charge in [-0.25, -0.2) is 24.9 Å². The molecule has 2 heterocycles. The van der Waals surface area contributed by atoms with E-state index in [1.165, 1.54) is 0 Å². The van der Waals surface area contributed by atoms with Gasteiger partial charge in [0, 0.05) is 33.2 Å². The maximum Gasteiger partial charge on any atom is 0.164 e. The number of nitrogens with zero attached hydrogens (tertiary/aromatic N) is 6. The molecule has 6 heteroatoms. The third-order valence-electron chi connectivity index (χ3n) is 10.6. The zero-order valence-corrected chi connectivity index (χ0v) is 32.3. The van der Waals surface area contributed by atoms with Crippen LogP contribution < -0.4 is 0 Å². The van der Waals surface area contributed by atoms with Crippen LogP contribution in [-0.4, -0.2) is 24.9 Å². The molecule has 0 fully saturated rings. The van der Waals surface area contributed by atoms with Crippen molar-refractivity contribution in [2.75, 3.05) is 0 Å². The summed E-state index contributed by atoms with van der Waals surface area (Å²) in [6.07, 6.45) is 0. The summed E-state index contributed by atoms with van der Waals surface area (Å²) < 4.78 is 0. The topological polar surface area (TPSA) is 88.2 Å². The first-order valence-electron chi connectivity index (χ1n) is 19.7. The molecule has 0 amide bonds. The summed E-state index contributed by atoms with van der Waals surface area (Å²) in [4.78, 5) is 25.6. The fourth-order valence-corrected chi connectivity index (χ4v) is 7.71. The molecular weight excluding hydrogens is 733 g/mol. The van der Waals surface area contributed by atoms with Crippen molar-refractivity contribution in [2.24, 2.45) is 0 Å². The number of fused-ring (bicyclic) bond motifs is 1. The second-order valence-electron chi connectivity index (χ2n) is 14.4. The van der Waals surface area contributed by atoms with Crippen molar-refractivity contribution in [3.63, 3.8) is 0 Å². The van der Waals surface area contributed by atoms with Gasteiger partial charge in [0.1, 0.15) is 0 Å². The molecule has 0 atom stereocenters. The van der Waals surface area contributed by atoms with E-state index in [4.69, 9.17) is 24.9 Å². The lowest BCUT2D eigenvalue weighted by molar-refractivity contribution is 1.07. The first kappa shape index (κ1) is 36.0. The molecule has 0 unspecified atom stereocenters. The number of aromatic nitrogens is 5.